The van der Waals surface area contributed by atoms with Crippen LogP contribution in [0.25, 0.3) is 0 Å². The number of hydrogen-bond acceptors (Lipinski definition) is 3. The number of hydrogen-bond donors (Lipinski definition) is 2. The molecule has 0 radical (unpaired) electrons. The van der Waals surface area contributed by atoms with Crippen molar-refractivity contribution in [2.75, 3.05) is 6.54 Å². The van der Waals surface area contributed by atoms with E-state index in [9.17, 15) is 8.42 Å². The maximum absolute atomic E-state index is 12.1. The highest BCUT2D eigenvalue weighted by Gasteiger charge is 2.38. The third-order valence-corrected chi connectivity index (χ3v) is 5.24. The van der Waals surface area contributed by atoms with Crippen LogP contribution in [0.3, 0.4) is 0 Å². The molecule has 0 bridgehead atoms. The summed E-state index contributed by atoms with van der Waals surface area (Å²) in [5.41, 5.74) is 6.06. The number of rotatable bonds is 5. The van der Waals surface area contributed by atoms with Crippen molar-refractivity contribution in [3.63, 3.8) is 0 Å². The Balaban J connectivity index is 2.20. The van der Waals surface area contributed by atoms with E-state index < -0.39 is 10.0 Å². The summed E-state index contributed by atoms with van der Waals surface area (Å²) in [5, 5.41) is 0.244. The molecule has 0 saturated heterocycles. The van der Waals surface area contributed by atoms with Crippen LogP contribution in [0, 0.1) is 5.41 Å². The van der Waals surface area contributed by atoms with Gasteiger partial charge in [-0.3, -0.25) is 0 Å². The van der Waals surface area contributed by atoms with Crippen molar-refractivity contribution in [3.8, 4) is 0 Å². The van der Waals surface area contributed by atoms with Gasteiger partial charge < -0.3 is 5.73 Å². The summed E-state index contributed by atoms with van der Waals surface area (Å²) < 4.78 is 26.8. The summed E-state index contributed by atoms with van der Waals surface area (Å²) in [5.74, 6) is 0. The first-order chi connectivity index (χ1) is 8.73. The third kappa shape index (κ3) is 3.45. The molecule has 1 fully saturated rings. The molecular formula is C12H15ClN2O2S2. The molecular weight excluding hydrogens is 304 g/mol. The van der Waals surface area contributed by atoms with Gasteiger partial charge in [-0.2, -0.15) is 0 Å². The fourth-order valence-electron chi connectivity index (χ4n) is 1.61. The van der Waals surface area contributed by atoms with Crippen LogP contribution in [0.1, 0.15) is 25.3 Å². The molecule has 0 atom stereocenters. The van der Waals surface area contributed by atoms with Gasteiger partial charge in [-0.05, 0) is 36.5 Å². The molecule has 3 N–H and O–H groups in total. The first-order valence-electron chi connectivity index (χ1n) is 5.83. The molecule has 104 valence electrons. The van der Waals surface area contributed by atoms with Crippen molar-refractivity contribution in [3.05, 3.63) is 28.8 Å². The number of halogens is 1. The maximum Gasteiger partial charge on any atom is 0.240 e. The number of nitrogens with two attached hydrogens (primary N) is 1. The third-order valence-electron chi connectivity index (χ3n) is 3.31. The van der Waals surface area contributed by atoms with Crippen LogP contribution in [0.15, 0.2) is 23.1 Å². The van der Waals surface area contributed by atoms with Crippen LogP contribution < -0.4 is 10.5 Å². The summed E-state index contributed by atoms with van der Waals surface area (Å²) in [7, 11) is -3.54. The van der Waals surface area contributed by atoms with E-state index in [0.717, 1.165) is 12.8 Å². The minimum absolute atomic E-state index is 0.107. The number of benzene rings is 1. The summed E-state index contributed by atoms with van der Waals surface area (Å²) in [6, 6.07) is 4.35. The predicted octanol–water partition coefficient (Wildman–Crippen LogP) is 2.05. The van der Waals surface area contributed by atoms with Crippen LogP contribution in [0.4, 0.5) is 0 Å². The first-order valence-corrected chi connectivity index (χ1v) is 8.09. The van der Waals surface area contributed by atoms with Gasteiger partial charge in [0.25, 0.3) is 0 Å². The van der Waals surface area contributed by atoms with Gasteiger partial charge in [-0.25, -0.2) is 13.1 Å². The number of sulfonamides is 1. The molecule has 4 nitrogen and oxygen atoms in total. The van der Waals surface area contributed by atoms with E-state index in [-0.39, 0.29) is 20.3 Å². The van der Waals surface area contributed by atoms with Gasteiger partial charge in [0, 0.05) is 12.1 Å². The molecule has 1 aromatic rings. The van der Waals surface area contributed by atoms with Crippen LogP contribution in [-0.4, -0.2) is 20.0 Å². The summed E-state index contributed by atoms with van der Waals surface area (Å²) in [4.78, 5) is 0.272. The van der Waals surface area contributed by atoms with Gasteiger partial charge >= 0.3 is 0 Å². The normalized spacial score (nSPS) is 17.2. The zero-order valence-electron chi connectivity index (χ0n) is 10.4. The Hall–Kier alpha value is -0.690. The second kappa shape index (κ2) is 5.01. The van der Waals surface area contributed by atoms with E-state index in [4.69, 9.17) is 29.6 Å². The molecule has 1 aliphatic rings. The van der Waals surface area contributed by atoms with Gasteiger partial charge in [0.1, 0.15) is 4.99 Å². The van der Waals surface area contributed by atoms with E-state index in [2.05, 4.69) is 11.6 Å². The van der Waals surface area contributed by atoms with Gasteiger partial charge in [-0.15, -0.1) is 0 Å². The van der Waals surface area contributed by atoms with E-state index in [1.54, 1.807) is 0 Å². The average Bonchev–Trinajstić information content (AvgIpc) is 3.05. The van der Waals surface area contributed by atoms with Crippen molar-refractivity contribution in [1.82, 2.24) is 4.72 Å². The standard InChI is InChI=1S/C12H15ClN2O2S2/c1-12(4-5-12)7-15-19(16,17)8-2-3-9(11(14)18)10(13)6-8/h2-3,6,15H,4-5,7H2,1H3,(H2,14,18). The van der Waals surface area contributed by atoms with E-state index in [1.165, 1.54) is 18.2 Å². The van der Waals surface area contributed by atoms with Gasteiger partial charge in [0.2, 0.25) is 10.0 Å². The molecule has 0 aliphatic heterocycles. The predicted molar refractivity (Wildman–Crippen MR) is 79.9 cm³/mol. The highest BCUT2D eigenvalue weighted by molar-refractivity contribution is 7.89. The van der Waals surface area contributed by atoms with Crippen molar-refractivity contribution in [1.29, 1.82) is 0 Å². The second-order valence-electron chi connectivity index (χ2n) is 5.14. The Morgan fingerprint density at radius 1 is 1.53 bits per heavy atom. The molecule has 0 heterocycles. The van der Waals surface area contributed by atoms with E-state index in [1.807, 2.05) is 0 Å². The van der Waals surface area contributed by atoms with Crippen molar-refractivity contribution < 1.29 is 8.42 Å². The second-order valence-corrected chi connectivity index (χ2v) is 7.76. The monoisotopic (exact) mass is 318 g/mol. The van der Waals surface area contributed by atoms with Crippen molar-refractivity contribution in [2.45, 2.75) is 24.7 Å². The van der Waals surface area contributed by atoms with Crippen molar-refractivity contribution >= 4 is 38.8 Å². The number of nitrogens with one attached hydrogen (secondary N) is 1. The highest BCUT2D eigenvalue weighted by atomic mass is 35.5. The highest BCUT2D eigenvalue weighted by Crippen LogP contribution is 2.44. The Labute approximate surface area is 123 Å². The first kappa shape index (κ1) is 14.7. The Kier molecular flexibility index (Phi) is 3.88. The lowest BCUT2D eigenvalue weighted by molar-refractivity contribution is 0.530. The van der Waals surface area contributed by atoms with Gasteiger partial charge in [0.05, 0.1) is 9.92 Å². The molecule has 19 heavy (non-hydrogen) atoms. The van der Waals surface area contributed by atoms with Crippen LogP contribution in [-0.2, 0) is 10.0 Å². The van der Waals surface area contributed by atoms with Crippen LogP contribution in [0.2, 0.25) is 5.02 Å². The minimum atomic E-state index is -3.54. The average molecular weight is 319 g/mol. The van der Waals surface area contributed by atoms with E-state index in [0.29, 0.717) is 12.1 Å². The topological polar surface area (TPSA) is 72.2 Å². The van der Waals surface area contributed by atoms with Crippen LogP contribution >= 0.6 is 23.8 Å². The molecule has 0 aromatic heterocycles. The molecule has 2 rings (SSSR count). The molecule has 0 unspecified atom stereocenters. The molecule has 1 aromatic carbocycles. The largest absolute Gasteiger partial charge is 0.389 e. The minimum Gasteiger partial charge on any atom is -0.389 e. The van der Waals surface area contributed by atoms with Crippen LogP contribution in [0.5, 0.6) is 0 Å². The zero-order chi connectivity index (χ0) is 14.3. The summed E-state index contributed by atoms with van der Waals surface area (Å²) in [6.07, 6.45) is 2.10. The summed E-state index contributed by atoms with van der Waals surface area (Å²) in [6.45, 7) is 2.50. The van der Waals surface area contributed by atoms with Gasteiger partial charge in [-0.1, -0.05) is 30.7 Å². The SMILES string of the molecule is CC1(CNS(=O)(=O)c2ccc(C(N)=S)c(Cl)c2)CC1. The van der Waals surface area contributed by atoms with Crippen molar-refractivity contribution in [2.24, 2.45) is 11.1 Å². The molecule has 1 saturated carbocycles. The Bertz CT molecular complexity index is 625. The fourth-order valence-corrected chi connectivity index (χ4v) is 3.41. The number of thiocarbonyl (C=S) groups is 1. The maximum atomic E-state index is 12.1. The lowest BCUT2D eigenvalue weighted by Crippen LogP contribution is -2.29. The Morgan fingerprint density at radius 3 is 2.63 bits per heavy atom. The smallest absolute Gasteiger partial charge is 0.240 e. The van der Waals surface area contributed by atoms with E-state index >= 15 is 0 Å². The molecule has 0 spiro atoms. The lowest BCUT2D eigenvalue weighted by Gasteiger charge is -2.12. The fraction of sp³-hybridized carbons (Fsp3) is 0.417. The summed E-state index contributed by atoms with van der Waals surface area (Å²) >= 11 is 10.8. The lowest BCUT2D eigenvalue weighted by atomic mass is 10.2. The molecule has 7 heteroatoms. The molecule has 1 aliphatic carbocycles. The Morgan fingerprint density at radius 2 is 2.16 bits per heavy atom. The quantitative estimate of drug-likeness (QED) is 0.815. The zero-order valence-corrected chi connectivity index (χ0v) is 12.8. The van der Waals surface area contributed by atoms with Gasteiger partial charge in [0.15, 0.2) is 0 Å². The molecule has 0 amide bonds.